The number of nitrogens with zero attached hydrogens (tertiary/aromatic N) is 1. The Bertz CT molecular complexity index is 1010. The Morgan fingerprint density at radius 2 is 1.56 bits per heavy atom. The van der Waals surface area contributed by atoms with E-state index >= 15 is 0 Å². The van der Waals surface area contributed by atoms with Crippen molar-refractivity contribution in [3.63, 3.8) is 0 Å². The fraction of sp³-hybridized carbons (Fsp3) is 0.368. The van der Waals surface area contributed by atoms with Crippen molar-refractivity contribution in [2.24, 2.45) is 0 Å². The average Bonchev–Trinajstić information content (AvgIpc) is 2.68. The lowest BCUT2D eigenvalue weighted by Gasteiger charge is -2.31. The lowest BCUT2D eigenvalue weighted by molar-refractivity contribution is 0.345. The van der Waals surface area contributed by atoms with Gasteiger partial charge in [-0.1, -0.05) is 12.1 Å². The van der Waals surface area contributed by atoms with E-state index in [0.717, 1.165) is 5.56 Å². The maximum Gasteiger partial charge on any atom is 0.243 e. The van der Waals surface area contributed by atoms with E-state index < -0.39 is 25.1 Å². The van der Waals surface area contributed by atoms with Crippen LogP contribution in [0.3, 0.4) is 0 Å². The number of sulfonamides is 1. The van der Waals surface area contributed by atoms with E-state index in [1.807, 2.05) is 13.0 Å². The number of benzene rings is 2. The van der Waals surface area contributed by atoms with Gasteiger partial charge < -0.3 is 4.74 Å². The summed E-state index contributed by atoms with van der Waals surface area (Å²) in [6.07, 6.45) is 0.554. The fourth-order valence-electron chi connectivity index (χ4n) is 3.27. The summed E-state index contributed by atoms with van der Waals surface area (Å²) in [5.41, 5.74) is 0.869. The number of sulfone groups is 1. The summed E-state index contributed by atoms with van der Waals surface area (Å²) in [6, 6.07) is 13.1. The first kappa shape index (κ1) is 19.9. The smallest absolute Gasteiger partial charge is 0.243 e. The van der Waals surface area contributed by atoms with Gasteiger partial charge in [-0.3, -0.25) is 0 Å². The number of methoxy groups -OCH3 is 1. The minimum atomic E-state index is -3.61. The molecule has 2 aromatic carbocycles. The molecule has 0 saturated carbocycles. The normalized spacial score (nSPS) is 17.0. The first-order valence-electron chi connectivity index (χ1n) is 8.70. The first-order valence-corrected chi connectivity index (χ1v) is 11.7. The number of hydrogen-bond acceptors (Lipinski definition) is 5. The Balaban J connectivity index is 1.74. The van der Waals surface area contributed by atoms with Gasteiger partial charge >= 0.3 is 0 Å². The monoisotopic (exact) mass is 409 g/mol. The molecule has 8 heteroatoms. The molecule has 2 aromatic rings. The molecule has 0 aromatic heterocycles. The number of hydrogen-bond donors (Lipinski definition) is 0. The average molecular weight is 410 g/mol. The largest absolute Gasteiger partial charge is 0.497 e. The molecule has 27 heavy (non-hydrogen) atoms. The Labute approximate surface area is 160 Å². The standard InChI is InChI=1S/C19H23NO5S2/c1-15-4-3-5-19(14-15)27(23,24)20-12-10-18(11-13-20)26(21,22)17-8-6-16(25-2)7-9-17/h3-9,14,18H,10-13H2,1-2H3. The summed E-state index contributed by atoms with van der Waals surface area (Å²) in [5.74, 6) is 0.591. The number of piperidine rings is 1. The van der Waals surface area contributed by atoms with Crippen LogP contribution in [-0.4, -0.2) is 46.6 Å². The lowest BCUT2D eigenvalue weighted by atomic mass is 10.2. The van der Waals surface area contributed by atoms with Crippen LogP contribution in [0.4, 0.5) is 0 Å². The van der Waals surface area contributed by atoms with E-state index in [0.29, 0.717) is 5.75 Å². The maximum atomic E-state index is 12.8. The van der Waals surface area contributed by atoms with Crippen LogP contribution in [0, 0.1) is 6.92 Å². The van der Waals surface area contributed by atoms with E-state index in [2.05, 4.69) is 0 Å². The second-order valence-corrected chi connectivity index (χ2v) is 10.8. The van der Waals surface area contributed by atoms with Crippen LogP contribution in [0.15, 0.2) is 58.3 Å². The second-order valence-electron chi connectivity index (χ2n) is 6.64. The molecule has 1 heterocycles. The fourth-order valence-corrected chi connectivity index (χ4v) is 6.57. The molecule has 0 N–H and O–H groups in total. The van der Waals surface area contributed by atoms with Crippen LogP contribution in [0.1, 0.15) is 18.4 Å². The highest BCUT2D eigenvalue weighted by atomic mass is 32.2. The van der Waals surface area contributed by atoms with Crippen molar-refractivity contribution in [1.29, 1.82) is 0 Å². The molecule has 0 amide bonds. The molecule has 1 aliphatic heterocycles. The highest BCUT2D eigenvalue weighted by molar-refractivity contribution is 7.92. The van der Waals surface area contributed by atoms with E-state index in [-0.39, 0.29) is 35.7 Å². The van der Waals surface area contributed by atoms with Crippen LogP contribution in [-0.2, 0) is 19.9 Å². The van der Waals surface area contributed by atoms with Gasteiger partial charge in [0.1, 0.15) is 5.75 Å². The van der Waals surface area contributed by atoms with Gasteiger partial charge in [0.2, 0.25) is 10.0 Å². The molecule has 6 nitrogen and oxygen atoms in total. The van der Waals surface area contributed by atoms with Crippen LogP contribution < -0.4 is 4.74 Å². The van der Waals surface area contributed by atoms with Gasteiger partial charge in [-0.2, -0.15) is 4.31 Å². The zero-order valence-electron chi connectivity index (χ0n) is 15.3. The van der Waals surface area contributed by atoms with Crippen molar-refractivity contribution in [3.8, 4) is 5.75 Å². The van der Waals surface area contributed by atoms with Crippen LogP contribution in [0.2, 0.25) is 0 Å². The maximum absolute atomic E-state index is 12.8. The van der Waals surface area contributed by atoms with Crippen molar-refractivity contribution in [3.05, 3.63) is 54.1 Å². The highest BCUT2D eigenvalue weighted by Crippen LogP contribution is 2.28. The summed E-state index contributed by atoms with van der Waals surface area (Å²) in [7, 11) is -5.59. The molecule has 0 atom stereocenters. The molecule has 0 aliphatic carbocycles. The van der Waals surface area contributed by atoms with Gasteiger partial charge in [0.05, 0.1) is 22.2 Å². The van der Waals surface area contributed by atoms with Gasteiger partial charge in [-0.05, 0) is 61.7 Å². The molecule has 0 bridgehead atoms. The summed E-state index contributed by atoms with van der Waals surface area (Å²) >= 11 is 0. The Hall–Kier alpha value is -1.90. The van der Waals surface area contributed by atoms with E-state index in [9.17, 15) is 16.8 Å². The molecule has 3 rings (SSSR count). The van der Waals surface area contributed by atoms with Gasteiger partial charge in [-0.25, -0.2) is 16.8 Å². The van der Waals surface area contributed by atoms with Gasteiger partial charge in [0.15, 0.2) is 9.84 Å². The molecule has 1 aliphatic rings. The number of ether oxygens (including phenoxy) is 1. The summed E-state index contributed by atoms with van der Waals surface area (Å²) < 4.78 is 57.7. The Morgan fingerprint density at radius 3 is 2.11 bits per heavy atom. The lowest BCUT2D eigenvalue weighted by Crippen LogP contribution is -2.42. The van der Waals surface area contributed by atoms with Crippen LogP contribution >= 0.6 is 0 Å². The Morgan fingerprint density at radius 1 is 0.926 bits per heavy atom. The van der Waals surface area contributed by atoms with Crippen molar-refractivity contribution >= 4 is 19.9 Å². The van der Waals surface area contributed by atoms with Crippen molar-refractivity contribution in [2.75, 3.05) is 20.2 Å². The van der Waals surface area contributed by atoms with Crippen molar-refractivity contribution in [2.45, 2.75) is 34.8 Å². The van der Waals surface area contributed by atoms with E-state index in [1.54, 1.807) is 30.3 Å². The minimum absolute atomic E-state index is 0.191. The zero-order valence-corrected chi connectivity index (χ0v) is 17.0. The Kier molecular flexibility index (Phi) is 5.60. The molecule has 0 spiro atoms. The molecule has 1 fully saturated rings. The number of aryl methyl sites for hydroxylation is 1. The molecular formula is C19H23NO5S2. The third-order valence-electron chi connectivity index (χ3n) is 4.86. The molecule has 1 saturated heterocycles. The quantitative estimate of drug-likeness (QED) is 0.758. The summed E-state index contributed by atoms with van der Waals surface area (Å²) in [6.45, 7) is 2.22. The SMILES string of the molecule is COc1ccc(S(=O)(=O)C2CCN(S(=O)(=O)c3cccc(C)c3)CC2)cc1. The predicted molar refractivity (Wildman–Crippen MR) is 103 cm³/mol. The minimum Gasteiger partial charge on any atom is -0.497 e. The van der Waals surface area contributed by atoms with Gasteiger partial charge in [0.25, 0.3) is 0 Å². The third kappa shape index (κ3) is 4.02. The zero-order chi connectivity index (χ0) is 19.7. The van der Waals surface area contributed by atoms with Gasteiger partial charge in [-0.15, -0.1) is 0 Å². The molecule has 0 unspecified atom stereocenters. The first-order chi connectivity index (χ1) is 12.7. The van der Waals surface area contributed by atoms with Crippen LogP contribution in [0.5, 0.6) is 5.75 Å². The molecule has 0 radical (unpaired) electrons. The van der Waals surface area contributed by atoms with E-state index in [1.165, 1.54) is 23.5 Å². The predicted octanol–water partition coefficient (Wildman–Crippen LogP) is 2.63. The second kappa shape index (κ2) is 7.61. The molecular weight excluding hydrogens is 386 g/mol. The van der Waals surface area contributed by atoms with Crippen LogP contribution in [0.25, 0.3) is 0 Å². The van der Waals surface area contributed by atoms with E-state index in [4.69, 9.17) is 4.74 Å². The summed E-state index contributed by atoms with van der Waals surface area (Å²) in [4.78, 5) is 0.488. The summed E-state index contributed by atoms with van der Waals surface area (Å²) in [5, 5.41) is -0.588. The van der Waals surface area contributed by atoms with Gasteiger partial charge in [0, 0.05) is 13.1 Å². The molecule has 146 valence electrons. The van der Waals surface area contributed by atoms with Crippen molar-refractivity contribution < 1.29 is 21.6 Å². The number of rotatable bonds is 5. The highest BCUT2D eigenvalue weighted by Gasteiger charge is 2.35. The van der Waals surface area contributed by atoms with Crippen molar-refractivity contribution in [1.82, 2.24) is 4.31 Å². The topological polar surface area (TPSA) is 80.8 Å². The third-order valence-corrected chi connectivity index (χ3v) is 9.03.